The normalized spacial score (nSPS) is 14.5. The van der Waals surface area contributed by atoms with E-state index in [1.54, 1.807) is 17.4 Å². The molecular weight excluding hydrogens is 285 g/mol. The molecule has 3 aromatic rings. The Hall–Kier alpha value is -2.01. The average Bonchev–Trinajstić information content (AvgIpc) is 3.22. The fraction of sp³-hybridized carbons (Fsp3) is 0.250. The molecule has 21 heavy (non-hydrogen) atoms. The van der Waals surface area contributed by atoms with Crippen LogP contribution in [0.25, 0.3) is 10.9 Å². The predicted molar refractivity (Wildman–Crippen MR) is 83.0 cm³/mol. The average molecular weight is 299 g/mol. The van der Waals surface area contributed by atoms with Gasteiger partial charge in [0.2, 0.25) is 0 Å². The Morgan fingerprint density at radius 3 is 2.86 bits per heavy atom. The molecule has 0 bridgehead atoms. The quantitative estimate of drug-likeness (QED) is 0.729. The van der Waals surface area contributed by atoms with E-state index in [1.807, 2.05) is 6.07 Å². The van der Waals surface area contributed by atoms with Crippen LogP contribution in [-0.2, 0) is 6.54 Å². The Labute approximate surface area is 126 Å². The highest BCUT2D eigenvalue weighted by Crippen LogP contribution is 2.35. The van der Waals surface area contributed by atoms with Crippen molar-refractivity contribution in [2.75, 3.05) is 4.90 Å². The number of nitrogens with zero attached hydrogens (tertiary/aromatic N) is 3. The molecule has 106 valence electrons. The van der Waals surface area contributed by atoms with Gasteiger partial charge in [-0.05, 0) is 36.4 Å². The molecule has 2 aromatic heterocycles. The van der Waals surface area contributed by atoms with Crippen molar-refractivity contribution in [1.29, 1.82) is 0 Å². The second-order valence-corrected chi connectivity index (χ2v) is 6.30. The summed E-state index contributed by atoms with van der Waals surface area (Å²) in [6.45, 7) is 0.824. The molecule has 1 fully saturated rings. The molecule has 0 unspecified atom stereocenters. The standard InChI is InChI=1S/C16H14FN3S/c17-14-5-1-4-13-15(14)18-10-19-16(13)20(11-6-7-11)9-12-3-2-8-21-12/h1-5,8,10-11H,6-7,9H2. The lowest BCUT2D eigenvalue weighted by Crippen LogP contribution is -2.26. The summed E-state index contributed by atoms with van der Waals surface area (Å²) in [6, 6.07) is 9.76. The number of hydrogen-bond donors (Lipinski definition) is 0. The van der Waals surface area contributed by atoms with Crippen LogP contribution in [0.5, 0.6) is 0 Å². The van der Waals surface area contributed by atoms with Gasteiger partial charge >= 0.3 is 0 Å². The van der Waals surface area contributed by atoms with Crippen molar-refractivity contribution in [3.05, 3.63) is 52.7 Å². The zero-order valence-electron chi connectivity index (χ0n) is 11.4. The zero-order chi connectivity index (χ0) is 14.2. The van der Waals surface area contributed by atoms with E-state index in [0.717, 1.165) is 17.7 Å². The smallest absolute Gasteiger partial charge is 0.149 e. The van der Waals surface area contributed by atoms with E-state index in [-0.39, 0.29) is 5.82 Å². The van der Waals surface area contributed by atoms with E-state index < -0.39 is 0 Å². The topological polar surface area (TPSA) is 29.0 Å². The molecule has 5 heteroatoms. The first-order valence-electron chi connectivity index (χ1n) is 7.01. The third kappa shape index (κ3) is 2.38. The van der Waals surface area contributed by atoms with E-state index in [1.165, 1.54) is 30.1 Å². The Balaban J connectivity index is 1.81. The SMILES string of the molecule is Fc1cccc2c(N(Cc3cccs3)C3CC3)ncnc12. The number of rotatable bonds is 4. The number of para-hydroxylation sites is 1. The van der Waals surface area contributed by atoms with Crippen LogP contribution in [0.15, 0.2) is 42.0 Å². The van der Waals surface area contributed by atoms with Crippen molar-refractivity contribution in [2.24, 2.45) is 0 Å². The van der Waals surface area contributed by atoms with Gasteiger partial charge < -0.3 is 4.90 Å². The lowest BCUT2D eigenvalue weighted by molar-refractivity contribution is 0.636. The molecule has 0 N–H and O–H groups in total. The summed E-state index contributed by atoms with van der Waals surface area (Å²) in [7, 11) is 0. The van der Waals surface area contributed by atoms with E-state index in [2.05, 4.69) is 32.4 Å². The van der Waals surface area contributed by atoms with Gasteiger partial charge in [0.05, 0.1) is 6.54 Å². The first-order chi connectivity index (χ1) is 10.3. The second kappa shape index (κ2) is 5.07. The number of aromatic nitrogens is 2. The highest BCUT2D eigenvalue weighted by atomic mass is 32.1. The Morgan fingerprint density at radius 1 is 1.19 bits per heavy atom. The Morgan fingerprint density at radius 2 is 2.10 bits per heavy atom. The lowest BCUT2D eigenvalue weighted by Gasteiger charge is -2.24. The van der Waals surface area contributed by atoms with E-state index >= 15 is 0 Å². The Bertz CT molecular complexity index is 768. The molecule has 4 rings (SSSR count). The molecule has 0 atom stereocenters. The van der Waals surface area contributed by atoms with Gasteiger partial charge in [0, 0.05) is 16.3 Å². The maximum absolute atomic E-state index is 13.9. The van der Waals surface area contributed by atoms with Crippen LogP contribution in [0.3, 0.4) is 0 Å². The molecule has 1 aliphatic carbocycles. The van der Waals surface area contributed by atoms with E-state index in [4.69, 9.17) is 0 Å². The highest BCUT2D eigenvalue weighted by Gasteiger charge is 2.31. The van der Waals surface area contributed by atoms with Gasteiger partial charge in [-0.1, -0.05) is 12.1 Å². The highest BCUT2D eigenvalue weighted by molar-refractivity contribution is 7.09. The monoisotopic (exact) mass is 299 g/mol. The fourth-order valence-corrected chi connectivity index (χ4v) is 3.30. The molecule has 2 heterocycles. The van der Waals surface area contributed by atoms with Crippen molar-refractivity contribution in [1.82, 2.24) is 9.97 Å². The van der Waals surface area contributed by atoms with Crippen molar-refractivity contribution >= 4 is 28.1 Å². The summed E-state index contributed by atoms with van der Waals surface area (Å²) in [5, 5.41) is 2.87. The van der Waals surface area contributed by atoms with Gasteiger partial charge in [-0.25, -0.2) is 14.4 Å². The van der Waals surface area contributed by atoms with Crippen molar-refractivity contribution < 1.29 is 4.39 Å². The minimum atomic E-state index is -0.289. The van der Waals surface area contributed by atoms with Gasteiger partial charge in [0.25, 0.3) is 0 Å². The van der Waals surface area contributed by atoms with E-state index in [0.29, 0.717) is 11.6 Å². The third-order valence-electron chi connectivity index (χ3n) is 3.76. The number of anilines is 1. The molecule has 1 saturated carbocycles. The summed E-state index contributed by atoms with van der Waals surface area (Å²) < 4.78 is 13.9. The minimum absolute atomic E-state index is 0.289. The third-order valence-corrected chi connectivity index (χ3v) is 4.62. The number of benzene rings is 1. The summed E-state index contributed by atoms with van der Waals surface area (Å²) in [5.74, 6) is 0.554. The van der Waals surface area contributed by atoms with Crippen LogP contribution in [-0.4, -0.2) is 16.0 Å². The lowest BCUT2D eigenvalue weighted by atomic mass is 10.2. The first kappa shape index (κ1) is 12.7. The van der Waals surface area contributed by atoms with Gasteiger partial charge in [-0.3, -0.25) is 0 Å². The molecule has 1 aliphatic rings. The van der Waals surface area contributed by atoms with Gasteiger partial charge in [0.15, 0.2) is 0 Å². The molecule has 0 saturated heterocycles. The summed E-state index contributed by atoms with van der Waals surface area (Å²) in [4.78, 5) is 12.1. The number of thiophene rings is 1. The summed E-state index contributed by atoms with van der Waals surface area (Å²) >= 11 is 1.74. The molecule has 0 spiro atoms. The first-order valence-corrected chi connectivity index (χ1v) is 7.89. The predicted octanol–water partition coefficient (Wildman–Crippen LogP) is 4.00. The zero-order valence-corrected chi connectivity index (χ0v) is 12.2. The minimum Gasteiger partial charge on any atom is -0.348 e. The Kier molecular flexibility index (Phi) is 3.07. The number of fused-ring (bicyclic) bond motifs is 1. The molecule has 0 amide bonds. The number of halogens is 1. The fourth-order valence-electron chi connectivity index (χ4n) is 2.60. The van der Waals surface area contributed by atoms with Crippen LogP contribution in [0.2, 0.25) is 0 Å². The summed E-state index contributed by atoms with van der Waals surface area (Å²) in [5.41, 5.74) is 0.402. The van der Waals surface area contributed by atoms with Crippen molar-refractivity contribution in [3.63, 3.8) is 0 Å². The van der Waals surface area contributed by atoms with Crippen LogP contribution in [0.1, 0.15) is 17.7 Å². The second-order valence-electron chi connectivity index (χ2n) is 5.27. The molecule has 0 aliphatic heterocycles. The number of hydrogen-bond acceptors (Lipinski definition) is 4. The van der Waals surface area contributed by atoms with E-state index in [9.17, 15) is 4.39 Å². The van der Waals surface area contributed by atoms with Gasteiger partial charge in [0.1, 0.15) is 23.5 Å². The van der Waals surface area contributed by atoms with Gasteiger partial charge in [-0.2, -0.15) is 0 Å². The molecule has 3 nitrogen and oxygen atoms in total. The van der Waals surface area contributed by atoms with Gasteiger partial charge in [-0.15, -0.1) is 11.3 Å². The molecule has 1 aromatic carbocycles. The van der Waals surface area contributed by atoms with Crippen LogP contribution in [0.4, 0.5) is 10.2 Å². The molecular formula is C16H14FN3S. The summed E-state index contributed by atoms with van der Waals surface area (Å²) in [6.07, 6.45) is 3.81. The maximum Gasteiger partial charge on any atom is 0.149 e. The van der Waals surface area contributed by atoms with Crippen LogP contribution >= 0.6 is 11.3 Å². The van der Waals surface area contributed by atoms with Crippen molar-refractivity contribution in [3.8, 4) is 0 Å². The van der Waals surface area contributed by atoms with Crippen molar-refractivity contribution in [2.45, 2.75) is 25.4 Å². The van der Waals surface area contributed by atoms with Crippen LogP contribution < -0.4 is 4.90 Å². The molecule has 0 radical (unpaired) electrons. The maximum atomic E-state index is 13.9. The largest absolute Gasteiger partial charge is 0.348 e. The van der Waals surface area contributed by atoms with Crippen LogP contribution in [0, 0.1) is 5.82 Å².